The minimum Gasteiger partial charge on any atom is -0.493 e. The fourth-order valence-corrected chi connectivity index (χ4v) is 2.72. The van der Waals surface area contributed by atoms with Crippen LogP contribution in [0, 0.1) is 0 Å². The molecule has 130 valence electrons. The number of rotatable bonds is 6. The molecule has 6 nitrogen and oxygen atoms in total. The number of hydrogen-bond acceptors (Lipinski definition) is 4. The molecule has 1 aromatic heterocycles. The summed E-state index contributed by atoms with van der Waals surface area (Å²) in [7, 11) is 3.11. The minimum absolute atomic E-state index is 0.187. The predicted molar refractivity (Wildman–Crippen MR) is 96.1 cm³/mol. The number of hydrogen-bond donors (Lipinski definition) is 2. The number of aromatic nitrogens is 2. The smallest absolute Gasteiger partial charge is 0.252 e. The van der Waals surface area contributed by atoms with Crippen molar-refractivity contribution in [3.63, 3.8) is 0 Å². The van der Waals surface area contributed by atoms with Gasteiger partial charge in [0.1, 0.15) is 5.82 Å². The van der Waals surface area contributed by atoms with Crippen molar-refractivity contribution in [3.8, 4) is 11.5 Å². The lowest BCUT2D eigenvalue weighted by Crippen LogP contribution is -2.28. The van der Waals surface area contributed by atoms with Crippen LogP contribution < -0.4 is 14.8 Å². The van der Waals surface area contributed by atoms with Gasteiger partial charge in [0, 0.05) is 5.56 Å². The first-order valence-electron chi connectivity index (χ1n) is 8.13. The van der Waals surface area contributed by atoms with E-state index in [-0.39, 0.29) is 11.9 Å². The molecule has 0 bridgehead atoms. The second-order valence-electron chi connectivity index (χ2n) is 5.64. The highest BCUT2D eigenvalue weighted by atomic mass is 16.5. The normalized spacial score (nSPS) is 12.0. The lowest BCUT2D eigenvalue weighted by Gasteiger charge is -2.15. The van der Waals surface area contributed by atoms with Gasteiger partial charge in [0.05, 0.1) is 31.3 Å². The third-order valence-corrected chi connectivity index (χ3v) is 4.10. The average molecular weight is 339 g/mol. The fourth-order valence-electron chi connectivity index (χ4n) is 2.72. The third kappa shape index (κ3) is 3.42. The number of amides is 1. The molecule has 6 heteroatoms. The molecule has 0 saturated carbocycles. The Morgan fingerprint density at radius 2 is 1.92 bits per heavy atom. The maximum absolute atomic E-state index is 12.6. The summed E-state index contributed by atoms with van der Waals surface area (Å²) in [5, 5.41) is 3.02. The van der Waals surface area contributed by atoms with E-state index in [4.69, 9.17) is 9.47 Å². The molecule has 0 spiro atoms. The molecule has 3 aromatic rings. The topological polar surface area (TPSA) is 76.2 Å². The highest BCUT2D eigenvalue weighted by molar-refractivity contribution is 5.95. The molecular weight excluding hydrogens is 318 g/mol. The highest BCUT2D eigenvalue weighted by Gasteiger charge is 2.18. The van der Waals surface area contributed by atoms with Gasteiger partial charge in [-0.25, -0.2) is 4.98 Å². The summed E-state index contributed by atoms with van der Waals surface area (Å²) >= 11 is 0. The quantitative estimate of drug-likeness (QED) is 0.721. The van der Waals surface area contributed by atoms with E-state index in [0.717, 1.165) is 23.3 Å². The van der Waals surface area contributed by atoms with Gasteiger partial charge in [-0.3, -0.25) is 4.79 Å². The monoisotopic (exact) mass is 339 g/mol. The van der Waals surface area contributed by atoms with E-state index in [1.807, 2.05) is 31.2 Å². The highest BCUT2D eigenvalue weighted by Crippen LogP contribution is 2.28. The van der Waals surface area contributed by atoms with Gasteiger partial charge in [0.25, 0.3) is 5.91 Å². The Labute approximate surface area is 146 Å². The standard InChI is InChI=1S/C19H21N3O3/c1-4-13(18-20-14-7-5-6-8-15(14)21-18)22-19(23)12-9-10-16(24-2)17(11-12)25-3/h5-11,13H,4H2,1-3H3,(H,20,21)(H,22,23). The SMILES string of the molecule is CCC(NC(=O)c1ccc(OC)c(OC)c1)c1nc2ccccc2[nH]1. The first-order valence-corrected chi connectivity index (χ1v) is 8.13. The Hall–Kier alpha value is -3.02. The van der Waals surface area contributed by atoms with Gasteiger partial charge in [-0.1, -0.05) is 19.1 Å². The Balaban J connectivity index is 1.82. The first kappa shape index (κ1) is 16.8. The fraction of sp³-hybridized carbons (Fsp3) is 0.263. The molecule has 1 heterocycles. The van der Waals surface area contributed by atoms with Crippen molar-refractivity contribution < 1.29 is 14.3 Å². The van der Waals surface area contributed by atoms with Crippen LogP contribution in [0.5, 0.6) is 11.5 Å². The molecule has 3 rings (SSSR count). The molecule has 0 fully saturated rings. The molecule has 2 N–H and O–H groups in total. The van der Waals surface area contributed by atoms with Gasteiger partial charge in [-0.05, 0) is 36.8 Å². The summed E-state index contributed by atoms with van der Waals surface area (Å²) < 4.78 is 10.5. The van der Waals surface area contributed by atoms with Crippen molar-refractivity contribution in [3.05, 3.63) is 53.9 Å². The first-order chi connectivity index (χ1) is 12.2. The van der Waals surface area contributed by atoms with Crippen LogP contribution in [-0.2, 0) is 0 Å². The summed E-state index contributed by atoms with van der Waals surface area (Å²) in [5.74, 6) is 1.67. The van der Waals surface area contributed by atoms with Crippen molar-refractivity contribution >= 4 is 16.9 Å². The zero-order chi connectivity index (χ0) is 17.8. The van der Waals surface area contributed by atoms with Gasteiger partial charge >= 0.3 is 0 Å². The van der Waals surface area contributed by atoms with Crippen LogP contribution in [-0.4, -0.2) is 30.1 Å². The van der Waals surface area contributed by atoms with Gasteiger partial charge in [0.15, 0.2) is 11.5 Å². The molecule has 2 aromatic carbocycles. The average Bonchev–Trinajstić information content (AvgIpc) is 3.09. The summed E-state index contributed by atoms with van der Waals surface area (Å²) in [4.78, 5) is 20.5. The van der Waals surface area contributed by atoms with Crippen molar-refractivity contribution in [1.29, 1.82) is 0 Å². The predicted octanol–water partition coefficient (Wildman–Crippen LogP) is 3.46. The Morgan fingerprint density at radius 1 is 1.16 bits per heavy atom. The summed E-state index contributed by atoms with van der Waals surface area (Å²) in [6.07, 6.45) is 0.721. The number of nitrogens with zero attached hydrogens (tertiary/aromatic N) is 1. The summed E-state index contributed by atoms with van der Waals surface area (Å²) in [6.45, 7) is 2.01. The van der Waals surface area contributed by atoms with E-state index < -0.39 is 0 Å². The minimum atomic E-state index is -0.201. The van der Waals surface area contributed by atoms with E-state index in [2.05, 4.69) is 15.3 Å². The lowest BCUT2D eigenvalue weighted by atomic mass is 10.1. The molecule has 0 aliphatic rings. The second kappa shape index (κ2) is 7.25. The van der Waals surface area contributed by atoms with E-state index in [9.17, 15) is 4.79 Å². The van der Waals surface area contributed by atoms with Crippen LogP contribution in [0.25, 0.3) is 11.0 Å². The van der Waals surface area contributed by atoms with Crippen molar-refractivity contribution in [2.24, 2.45) is 0 Å². The number of aromatic amines is 1. The van der Waals surface area contributed by atoms with Gasteiger partial charge in [-0.2, -0.15) is 0 Å². The molecule has 0 radical (unpaired) electrons. The number of H-pyrrole nitrogens is 1. The Bertz CT molecular complexity index is 856. The molecule has 1 atom stereocenters. The third-order valence-electron chi connectivity index (χ3n) is 4.10. The molecule has 1 unspecified atom stereocenters. The van der Waals surface area contributed by atoms with Crippen LogP contribution >= 0.6 is 0 Å². The number of fused-ring (bicyclic) bond motifs is 1. The number of methoxy groups -OCH3 is 2. The van der Waals surface area contributed by atoms with E-state index >= 15 is 0 Å². The molecular formula is C19H21N3O3. The number of carbonyl (C=O) groups is 1. The number of ether oxygens (including phenoxy) is 2. The van der Waals surface area contributed by atoms with Crippen LogP contribution in [0.4, 0.5) is 0 Å². The number of imidazole rings is 1. The van der Waals surface area contributed by atoms with Gasteiger partial charge < -0.3 is 19.8 Å². The van der Waals surface area contributed by atoms with Crippen LogP contribution in [0.15, 0.2) is 42.5 Å². The summed E-state index contributed by atoms with van der Waals surface area (Å²) in [6, 6.07) is 12.7. The Morgan fingerprint density at radius 3 is 2.60 bits per heavy atom. The van der Waals surface area contributed by atoms with E-state index in [0.29, 0.717) is 17.1 Å². The van der Waals surface area contributed by atoms with Gasteiger partial charge in [0.2, 0.25) is 0 Å². The van der Waals surface area contributed by atoms with Crippen molar-refractivity contribution in [1.82, 2.24) is 15.3 Å². The van der Waals surface area contributed by atoms with Gasteiger partial charge in [-0.15, -0.1) is 0 Å². The van der Waals surface area contributed by atoms with Crippen molar-refractivity contribution in [2.75, 3.05) is 14.2 Å². The summed E-state index contributed by atoms with van der Waals surface area (Å²) in [5.41, 5.74) is 2.35. The number of carbonyl (C=O) groups excluding carboxylic acids is 1. The second-order valence-corrected chi connectivity index (χ2v) is 5.64. The Kier molecular flexibility index (Phi) is 4.88. The van der Waals surface area contributed by atoms with Crippen molar-refractivity contribution in [2.45, 2.75) is 19.4 Å². The molecule has 0 saturated heterocycles. The largest absolute Gasteiger partial charge is 0.493 e. The lowest BCUT2D eigenvalue weighted by molar-refractivity contribution is 0.0933. The van der Waals surface area contributed by atoms with E-state index in [1.54, 1.807) is 32.4 Å². The van der Waals surface area contributed by atoms with E-state index in [1.165, 1.54) is 0 Å². The zero-order valence-electron chi connectivity index (χ0n) is 14.5. The number of nitrogens with one attached hydrogen (secondary N) is 2. The molecule has 0 aliphatic heterocycles. The van der Waals surface area contributed by atoms with Crippen LogP contribution in [0.3, 0.4) is 0 Å². The van der Waals surface area contributed by atoms with Crippen LogP contribution in [0.1, 0.15) is 35.6 Å². The molecule has 1 amide bonds. The number of para-hydroxylation sites is 2. The maximum atomic E-state index is 12.6. The maximum Gasteiger partial charge on any atom is 0.252 e. The zero-order valence-corrected chi connectivity index (χ0v) is 14.5. The number of benzene rings is 2. The molecule has 0 aliphatic carbocycles. The van der Waals surface area contributed by atoms with Crippen LogP contribution in [0.2, 0.25) is 0 Å². The molecule has 25 heavy (non-hydrogen) atoms.